The Morgan fingerprint density at radius 1 is 1.36 bits per heavy atom. The van der Waals surface area contributed by atoms with E-state index in [0.717, 1.165) is 22.6 Å². The molecule has 0 radical (unpaired) electrons. The van der Waals surface area contributed by atoms with Gasteiger partial charge in [0.05, 0.1) is 5.75 Å². The lowest BCUT2D eigenvalue weighted by molar-refractivity contribution is 0.0683. The lowest BCUT2D eigenvalue weighted by Crippen LogP contribution is -2.17. The molecule has 120 valence electrons. The van der Waals surface area contributed by atoms with Gasteiger partial charge in [0.15, 0.2) is 10.2 Å². The normalized spacial score (nSPS) is 16.4. The number of rotatable bonds is 7. The van der Waals surface area contributed by atoms with Crippen molar-refractivity contribution >= 4 is 28.2 Å². The second-order valence-corrected chi connectivity index (χ2v) is 7.16. The van der Waals surface area contributed by atoms with E-state index in [1.54, 1.807) is 23.1 Å². The van der Waals surface area contributed by atoms with Crippen molar-refractivity contribution in [3.63, 3.8) is 0 Å². The van der Waals surface area contributed by atoms with Crippen molar-refractivity contribution in [2.45, 2.75) is 42.9 Å². The van der Waals surface area contributed by atoms with Crippen LogP contribution >= 0.6 is 23.1 Å². The van der Waals surface area contributed by atoms with Gasteiger partial charge in [-0.05, 0) is 26.7 Å². The number of hydrogen-bond donors (Lipinski definition) is 0. The largest absolute Gasteiger partial charge is 0.371 e. The van der Waals surface area contributed by atoms with E-state index >= 15 is 0 Å². The minimum absolute atomic E-state index is 0.143. The summed E-state index contributed by atoms with van der Waals surface area (Å²) in [5.41, 5.74) is 0. The number of nitrogens with zero attached hydrogens (tertiary/aromatic N) is 5. The minimum atomic E-state index is -0.143. The van der Waals surface area contributed by atoms with Crippen molar-refractivity contribution in [2.24, 2.45) is 0 Å². The molecule has 2 aromatic heterocycles. The highest BCUT2D eigenvalue weighted by atomic mass is 32.2. The molecule has 1 aliphatic rings. The first-order valence-electron chi connectivity index (χ1n) is 7.41. The third-order valence-corrected chi connectivity index (χ3v) is 5.46. The Labute approximate surface area is 137 Å². The number of thioether (sulfide) groups is 1. The second-order valence-electron chi connectivity index (χ2n) is 4.98. The average molecular weight is 341 g/mol. The van der Waals surface area contributed by atoms with Crippen LogP contribution in [0.1, 0.15) is 44.5 Å². The summed E-state index contributed by atoms with van der Waals surface area (Å²) in [4.78, 5) is 6.64. The topological polar surface area (TPSA) is 77.2 Å². The van der Waals surface area contributed by atoms with Gasteiger partial charge in [-0.2, -0.15) is 4.98 Å². The van der Waals surface area contributed by atoms with Gasteiger partial charge in [-0.3, -0.25) is 0 Å². The van der Waals surface area contributed by atoms with Crippen LogP contribution in [-0.2, 0) is 10.5 Å². The van der Waals surface area contributed by atoms with Crippen LogP contribution in [0.25, 0.3) is 0 Å². The van der Waals surface area contributed by atoms with E-state index in [1.165, 1.54) is 12.8 Å². The van der Waals surface area contributed by atoms with Gasteiger partial charge in [0.25, 0.3) is 0 Å². The first-order chi connectivity index (χ1) is 10.8. The van der Waals surface area contributed by atoms with Gasteiger partial charge in [0.2, 0.25) is 11.0 Å². The molecular formula is C13H19N5O2S2. The first-order valence-corrected chi connectivity index (χ1v) is 9.22. The zero-order valence-corrected chi connectivity index (χ0v) is 14.3. The van der Waals surface area contributed by atoms with E-state index in [9.17, 15) is 0 Å². The van der Waals surface area contributed by atoms with Gasteiger partial charge in [-0.15, -0.1) is 10.2 Å². The van der Waals surface area contributed by atoms with Gasteiger partial charge < -0.3 is 14.2 Å². The van der Waals surface area contributed by atoms with Crippen LogP contribution in [0.3, 0.4) is 0 Å². The summed E-state index contributed by atoms with van der Waals surface area (Å²) in [5.74, 6) is 1.78. The van der Waals surface area contributed by atoms with Gasteiger partial charge in [0.1, 0.15) is 6.10 Å². The summed E-state index contributed by atoms with van der Waals surface area (Å²) in [7, 11) is 0. The van der Waals surface area contributed by atoms with Crippen molar-refractivity contribution < 1.29 is 9.26 Å². The SMILES string of the molecule is CCO[C@H](C)c1noc(CSc2nnc(N3CCCC3)s2)n1. The quantitative estimate of drug-likeness (QED) is 0.712. The van der Waals surface area contributed by atoms with Crippen LogP contribution in [0.15, 0.2) is 8.86 Å². The third kappa shape index (κ3) is 3.76. The van der Waals surface area contributed by atoms with Crippen LogP contribution < -0.4 is 4.90 Å². The monoisotopic (exact) mass is 341 g/mol. The summed E-state index contributed by atoms with van der Waals surface area (Å²) in [6.45, 7) is 6.66. The molecule has 9 heteroatoms. The molecule has 0 saturated carbocycles. The molecule has 0 aliphatic carbocycles. The van der Waals surface area contributed by atoms with E-state index in [1.807, 2.05) is 13.8 Å². The predicted molar refractivity (Wildman–Crippen MR) is 85.3 cm³/mol. The Morgan fingerprint density at radius 3 is 2.95 bits per heavy atom. The lowest BCUT2D eigenvalue weighted by Gasteiger charge is -2.10. The molecule has 0 spiro atoms. The molecule has 0 unspecified atom stereocenters. The highest BCUT2D eigenvalue weighted by Gasteiger charge is 2.18. The van der Waals surface area contributed by atoms with Crippen molar-refractivity contribution in [1.82, 2.24) is 20.3 Å². The summed E-state index contributed by atoms with van der Waals surface area (Å²) in [6, 6.07) is 0. The van der Waals surface area contributed by atoms with Crippen LogP contribution in [0.2, 0.25) is 0 Å². The Bertz CT molecular complexity index is 597. The number of hydrogen-bond acceptors (Lipinski definition) is 9. The maximum Gasteiger partial charge on any atom is 0.237 e. The Balaban J connectivity index is 1.54. The fraction of sp³-hybridized carbons (Fsp3) is 0.692. The summed E-state index contributed by atoms with van der Waals surface area (Å²) >= 11 is 3.20. The zero-order valence-electron chi connectivity index (χ0n) is 12.7. The van der Waals surface area contributed by atoms with Gasteiger partial charge >= 0.3 is 0 Å². The smallest absolute Gasteiger partial charge is 0.237 e. The maximum absolute atomic E-state index is 5.45. The van der Waals surface area contributed by atoms with Crippen LogP contribution in [-0.4, -0.2) is 40.0 Å². The first kappa shape index (κ1) is 15.7. The van der Waals surface area contributed by atoms with Gasteiger partial charge in [-0.1, -0.05) is 28.3 Å². The van der Waals surface area contributed by atoms with E-state index < -0.39 is 0 Å². The molecule has 3 heterocycles. The number of ether oxygens (including phenoxy) is 1. The fourth-order valence-corrected chi connectivity index (χ4v) is 3.97. The van der Waals surface area contributed by atoms with E-state index in [-0.39, 0.29) is 6.10 Å². The Kier molecular flexibility index (Phi) is 5.27. The molecule has 2 aromatic rings. The molecule has 1 aliphatic heterocycles. The molecule has 7 nitrogen and oxygen atoms in total. The predicted octanol–water partition coefficient (Wildman–Crippen LogP) is 2.91. The molecular weight excluding hydrogens is 322 g/mol. The zero-order chi connectivity index (χ0) is 15.4. The summed E-state index contributed by atoms with van der Waals surface area (Å²) < 4.78 is 11.6. The molecule has 1 saturated heterocycles. The van der Waals surface area contributed by atoms with Gasteiger partial charge in [0, 0.05) is 19.7 Å². The number of anilines is 1. The van der Waals surface area contributed by atoms with Crippen molar-refractivity contribution in [2.75, 3.05) is 24.6 Å². The van der Waals surface area contributed by atoms with Crippen LogP contribution in [0.4, 0.5) is 5.13 Å². The third-order valence-electron chi connectivity index (χ3n) is 3.36. The Hall–Kier alpha value is -1.19. The molecule has 0 aromatic carbocycles. The summed E-state index contributed by atoms with van der Waals surface area (Å²) in [6.07, 6.45) is 2.34. The van der Waals surface area contributed by atoms with E-state index in [4.69, 9.17) is 9.26 Å². The van der Waals surface area contributed by atoms with Crippen molar-refractivity contribution in [3.8, 4) is 0 Å². The highest BCUT2D eigenvalue weighted by Crippen LogP contribution is 2.31. The standard InChI is InChI=1S/C13H19N5O2S2/c1-3-19-9(2)11-14-10(20-17-11)8-21-13-16-15-12(22-13)18-6-4-5-7-18/h9H,3-8H2,1-2H3/t9-/m1/s1. The minimum Gasteiger partial charge on any atom is -0.371 e. The van der Waals surface area contributed by atoms with Crippen molar-refractivity contribution in [1.29, 1.82) is 0 Å². The molecule has 0 N–H and O–H groups in total. The Morgan fingerprint density at radius 2 is 2.18 bits per heavy atom. The van der Waals surface area contributed by atoms with Crippen LogP contribution in [0, 0.1) is 0 Å². The number of aromatic nitrogens is 4. The van der Waals surface area contributed by atoms with Crippen molar-refractivity contribution in [3.05, 3.63) is 11.7 Å². The highest BCUT2D eigenvalue weighted by molar-refractivity contribution is 8.00. The van der Waals surface area contributed by atoms with E-state index in [2.05, 4.69) is 25.2 Å². The second kappa shape index (κ2) is 7.38. The maximum atomic E-state index is 5.45. The van der Waals surface area contributed by atoms with E-state index in [0.29, 0.717) is 24.1 Å². The fourth-order valence-electron chi connectivity index (χ4n) is 2.24. The molecule has 0 bridgehead atoms. The van der Waals surface area contributed by atoms with Crippen LogP contribution in [0.5, 0.6) is 0 Å². The summed E-state index contributed by atoms with van der Waals surface area (Å²) in [5, 5.41) is 13.4. The molecule has 3 rings (SSSR count). The average Bonchev–Trinajstić information content (AvgIpc) is 3.25. The molecule has 1 atom stereocenters. The van der Waals surface area contributed by atoms with Gasteiger partial charge in [-0.25, -0.2) is 0 Å². The molecule has 1 fully saturated rings. The molecule has 22 heavy (non-hydrogen) atoms. The lowest BCUT2D eigenvalue weighted by atomic mass is 10.4. The molecule has 0 amide bonds.